The van der Waals surface area contributed by atoms with E-state index in [1.54, 1.807) is 29.2 Å². The normalized spacial score (nSPS) is 11.5. The number of nitrogens with one attached hydrogen (secondary N) is 1. The van der Waals surface area contributed by atoms with Crippen molar-refractivity contribution < 1.29 is 13.2 Å². The number of benzene rings is 1. The van der Waals surface area contributed by atoms with Crippen molar-refractivity contribution in [1.29, 1.82) is 0 Å². The first-order valence-corrected chi connectivity index (χ1v) is 10.0. The minimum atomic E-state index is -3.53. The number of thiophene rings is 1. The molecule has 0 atom stereocenters. The molecule has 130 valence electrons. The molecule has 0 bridgehead atoms. The lowest BCUT2D eigenvalue weighted by Gasteiger charge is -2.21. The molecule has 0 radical (unpaired) electrons. The summed E-state index contributed by atoms with van der Waals surface area (Å²) in [6, 6.07) is 10.6. The van der Waals surface area contributed by atoms with Crippen molar-refractivity contribution in [3.8, 4) is 0 Å². The molecule has 1 aromatic carbocycles. The van der Waals surface area contributed by atoms with Gasteiger partial charge in [-0.05, 0) is 36.8 Å². The molecule has 0 fully saturated rings. The van der Waals surface area contributed by atoms with Gasteiger partial charge < -0.3 is 4.90 Å². The van der Waals surface area contributed by atoms with E-state index in [1.165, 1.54) is 18.3 Å². The third-order valence-electron chi connectivity index (χ3n) is 3.39. The molecule has 0 aliphatic heterocycles. The topological polar surface area (TPSA) is 66.5 Å². The standard InChI is InChI=1S/C16H19ClN2O3S2/c1-12-3-8-16(23-12)24(21,22)18-9-10-19(13(2)20)11-14-4-6-15(17)7-5-14/h3-8,18H,9-11H2,1-2H3. The molecule has 5 nitrogen and oxygen atoms in total. The van der Waals surface area contributed by atoms with Crippen LogP contribution in [0, 0.1) is 6.92 Å². The SMILES string of the molecule is CC(=O)N(CCNS(=O)(=O)c1ccc(C)s1)Cc1ccc(Cl)cc1. The average molecular weight is 387 g/mol. The van der Waals surface area contributed by atoms with Crippen LogP contribution in [0.15, 0.2) is 40.6 Å². The van der Waals surface area contributed by atoms with Gasteiger partial charge in [-0.1, -0.05) is 23.7 Å². The van der Waals surface area contributed by atoms with Crippen molar-refractivity contribution in [2.24, 2.45) is 0 Å². The molecule has 2 rings (SSSR count). The van der Waals surface area contributed by atoms with Gasteiger partial charge in [0, 0.05) is 36.5 Å². The average Bonchev–Trinajstić information content (AvgIpc) is 2.95. The number of hydrogen-bond donors (Lipinski definition) is 1. The van der Waals surface area contributed by atoms with Crippen LogP contribution in [-0.4, -0.2) is 32.3 Å². The van der Waals surface area contributed by atoms with E-state index in [0.29, 0.717) is 18.1 Å². The maximum atomic E-state index is 12.2. The van der Waals surface area contributed by atoms with Gasteiger partial charge in [0.05, 0.1) is 0 Å². The summed E-state index contributed by atoms with van der Waals surface area (Å²) < 4.78 is 27.2. The number of sulfonamides is 1. The van der Waals surface area contributed by atoms with Crippen LogP contribution >= 0.6 is 22.9 Å². The second-order valence-electron chi connectivity index (χ2n) is 5.33. The van der Waals surface area contributed by atoms with Gasteiger partial charge in [0.25, 0.3) is 0 Å². The number of nitrogens with zero attached hydrogens (tertiary/aromatic N) is 1. The number of hydrogen-bond acceptors (Lipinski definition) is 4. The van der Waals surface area contributed by atoms with Gasteiger partial charge in [0.1, 0.15) is 4.21 Å². The van der Waals surface area contributed by atoms with Crippen molar-refractivity contribution in [3.63, 3.8) is 0 Å². The maximum absolute atomic E-state index is 12.2. The van der Waals surface area contributed by atoms with Crippen molar-refractivity contribution in [2.75, 3.05) is 13.1 Å². The molecular formula is C16H19ClN2O3S2. The zero-order chi connectivity index (χ0) is 17.7. The fourth-order valence-corrected chi connectivity index (χ4v) is 4.58. The molecule has 24 heavy (non-hydrogen) atoms. The lowest BCUT2D eigenvalue weighted by atomic mass is 10.2. The molecule has 0 saturated heterocycles. The summed E-state index contributed by atoms with van der Waals surface area (Å²) >= 11 is 7.07. The molecule has 1 amide bonds. The summed E-state index contributed by atoms with van der Waals surface area (Å²) in [5.74, 6) is -0.115. The van der Waals surface area contributed by atoms with Gasteiger partial charge in [-0.15, -0.1) is 11.3 Å². The number of aryl methyl sites for hydroxylation is 1. The first-order chi connectivity index (χ1) is 11.3. The highest BCUT2D eigenvalue weighted by molar-refractivity contribution is 7.91. The smallest absolute Gasteiger partial charge is 0.250 e. The molecule has 0 spiro atoms. The number of carbonyl (C=O) groups excluding carboxylic acids is 1. The molecule has 1 heterocycles. The Labute approximate surface area is 151 Å². The molecule has 0 aliphatic carbocycles. The highest BCUT2D eigenvalue weighted by Crippen LogP contribution is 2.20. The maximum Gasteiger partial charge on any atom is 0.250 e. The Morgan fingerprint density at radius 3 is 2.42 bits per heavy atom. The van der Waals surface area contributed by atoms with Gasteiger partial charge >= 0.3 is 0 Å². The van der Waals surface area contributed by atoms with Crippen molar-refractivity contribution in [3.05, 3.63) is 51.9 Å². The van der Waals surface area contributed by atoms with E-state index in [2.05, 4.69) is 4.72 Å². The number of carbonyl (C=O) groups is 1. The summed E-state index contributed by atoms with van der Waals surface area (Å²) in [5.41, 5.74) is 0.936. The quantitative estimate of drug-likeness (QED) is 0.795. The molecule has 1 N–H and O–H groups in total. The molecule has 1 aromatic heterocycles. The van der Waals surface area contributed by atoms with E-state index in [4.69, 9.17) is 11.6 Å². The van der Waals surface area contributed by atoms with E-state index in [1.807, 2.05) is 19.1 Å². The zero-order valence-electron chi connectivity index (χ0n) is 13.5. The Hall–Kier alpha value is -1.41. The first-order valence-electron chi connectivity index (χ1n) is 7.34. The Morgan fingerprint density at radius 2 is 1.88 bits per heavy atom. The summed E-state index contributed by atoms with van der Waals surface area (Å²) in [7, 11) is -3.53. The lowest BCUT2D eigenvalue weighted by Crippen LogP contribution is -2.36. The number of halogens is 1. The van der Waals surface area contributed by atoms with E-state index in [0.717, 1.165) is 10.4 Å². The largest absolute Gasteiger partial charge is 0.337 e. The minimum absolute atomic E-state index is 0.115. The lowest BCUT2D eigenvalue weighted by molar-refractivity contribution is -0.129. The van der Waals surface area contributed by atoms with Crippen molar-refractivity contribution in [1.82, 2.24) is 9.62 Å². The minimum Gasteiger partial charge on any atom is -0.337 e. The van der Waals surface area contributed by atoms with Crippen LogP contribution in [0.5, 0.6) is 0 Å². The first kappa shape index (κ1) is 18.9. The van der Waals surface area contributed by atoms with Crippen LogP contribution in [0.25, 0.3) is 0 Å². The van der Waals surface area contributed by atoms with Crippen molar-refractivity contribution in [2.45, 2.75) is 24.6 Å². The summed E-state index contributed by atoms with van der Waals surface area (Å²) in [6.45, 7) is 4.18. The summed E-state index contributed by atoms with van der Waals surface area (Å²) in [5, 5.41) is 0.632. The third-order valence-corrected chi connectivity index (χ3v) is 6.59. The molecule has 2 aromatic rings. The summed E-state index contributed by atoms with van der Waals surface area (Å²) in [6.07, 6.45) is 0. The predicted octanol–water partition coefficient (Wildman–Crippen LogP) is 3.04. The van der Waals surface area contributed by atoms with E-state index in [9.17, 15) is 13.2 Å². The van der Waals surface area contributed by atoms with Gasteiger partial charge in [-0.2, -0.15) is 0 Å². The van der Waals surface area contributed by atoms with Gasteiger partial charge in [-0.3, -0.25) is 4.79 Å². The van der Waals surface area contributed by atoms with Gasteiger partial charge in [0.2, 0.25) is 15.9 Å². The Morgan fingerprint density at radius 1 is 1.21 bits per heavy atom. The zero-order valence-corrected chi connectivity index (χ0v) is 15.8. The highest BCUT2D eigenvalue weighted by Gasteiger charge is 2.17. The molecule has 0 saturated carbocycles. The monoisotopic (exact) mass is 386 g/mol. The Bertz CT molecular complexity index is 801. The van der Waals surface area contributed by atoms with Crippen LogP contribution in [0.3, 0.4) is 0 Å². The molecule has 8 heteroatoms. The highest BCUT2D eigenvalue weighted by atomic mass is 35.5. The molecular weight excluding hydrogens is 368 g/mol. The predicted molar refractivity (Wildman–Crippen MR) is 96.8 cm³/mol. The summed E-state index contributed by atoms with van der Waals surface area (Å²) in [4.78, 5) is 14.3. The van der Waals surface area contributed by atoms with Crippen LogP contribution in [0.1, 0.15) is 17.4 Å². The van der Waals surface area contributed by atoms with Crippen LogP contribution in [-0.2, 0) is 21.4 Å². The van der Waals surface area contributed by atoms with Crippen LogP contribution in [0.2, 0.25) is 5.02 Å². The Kier molecular flexibility index (Phi) is 6.40. The fourth-order valence-electron chi connectivity index (χ4n) is 2.10. The van der Waals surface area contributed by atoms with E-state index in [-0.39, 0.29) is 16.7 Å². The fraction of sp³-hybridized carbons (Fsp3) is 0.312. The third kappa shape index (κ3) is 5.31. The molecule has 0 unspecified atom stereocenters. The number of rotatable bonds is 7. The van der Waals surface area contributed by atoms with Gasteiger partial charge in [-0.25, -0.2) is 13.1 Å². The van der Waals surface area contributed by atoms with Gasteiger partial charge in [0.15, 0.2) is 0 Å². The second-order valence-corrected chi connectivity index (χ2v) is 9.05. The second kappa shape index (κ2) is 8.11. The van der Waals surface area contributed by atoms with Crippen LogP contribution in [0.4, 0.5) is 0 Å². The van der Waals surface area contributed by atoms with E-state index < -0.39 is 10.0 Å². The number of amides is 1. The van der Waals surface area contributed by atoms with Crippen molar-refractivity contribution >= 4 is 38.9 Å². The Balaban J connectivity index is 1.94. The molecule has 0 aliphatic rings. The van der Waals surface area contributed by atoms with E-state index >= 15 is 0 Å². The van der Waals surface area contributed by atoms with Crippen LogP contribution < -0.4 is 4.72 Å².